The van der Waals surface area contributed by atoms with Crippen molar-refractivity contribution in [3.05, 3.63) is 29.3 Å². The standard InChI is InChI=1S/C11H14N4O2S/c1-3-17-10(16)8-6-18-11(15-8)14-7(2)9-12-4-5-13-9/h4-7H,3H2,1-2H3,(H,12,13)(H,14,15). The van der Waals surface area contributed by atoms with Crippen molar-refractivity contribution < 1.29 is 9.53 Å². The maximum Gasteiger partial charge on any atom is 0.357 e. The topological polar surface area (TPSA) is 79.9 Å². The molecule has 0 aromatic carbocycles. The Hall–Kier alpha value is -1.89. The van der Waals surface area contributed by atoms with Crippen LogP contribution in [0.2, 0.25) is 0 Å². The van der Waals surface area contributed by atoms with Crippen molar-refractivity contribution >= 4 is 22.4 Å². The van der Waals surface area contributed by atoms with Gasteiger partial charge in [-0.3, -0.25) is 0 Å². The van der Waals surface area contributed by atoms with E-state index >= 15 is 0 Å². The quantitative estimate of drug-likeness (QED) is 0.811. The van der Waals surface area contributed by atoms with E-state index in [1.54, 1.807) is 24.7 Å². The fourth-order valence-electron chi connectivity index (χ4n) is 1.41. The molecule has 0 spiro atoms. The van der Waals surface area contributed by atoms with Crippen LogP contribution in [0.4, 0.5) is 5.13 Å². The van der Waals surface area contributed by atoms with Crippen molar-refractivity contribution in [1.82, 2.24) is 15.0 Å². The molecule has 0 radical (unpaired) electrons. The van der Waals surface area contributed by atoms with E-state index in [1.165, 1.54) is 11.3 Å². The molecule has 2 aromatic rings. The monoisotopic (exact) mass is 266 g/mol. The molecule has 1 unspecified atom stereocenters. The first-order valence-corrected chi connectivity index (χ1v) is 6.47. The van der Waals surface area contributed by atoms with E-state index in [1.807, 2.05) is 6.92 Å². The third-order valence-electron chi connectivity index (χ3n) is 2.26. The van der Waals surface area contributed by atoms with Gasteiger partial charge >= 0.3 is 5.97 Å². The largest absolute Gasteiger partial charge is 0.461 e. The molecule has 0 bridgehead atoms. The summed E-state index contributed by atoms with van der Waals surface area (Å²) in [7, 11) is 0. The number of carbonyl (C=O) groups excluding carboxylic acids is 1. The molecule has 0 aliphatic heterocycles. The van der Waals surface area contributed by atoms with Crippen molar-refractivity contribution in [2.75, 3.05) is 11.9 Å². The number of H-pyrrole nitrogens is 1. The van der Waals surface area contributed by atoms with Gasteiger partial charge in [0, 0.05) is 17.8 Å². The number of anilines is 1. The first-order chi connectivity index (χ1) is 8.70. The van der Waals surface area contributed by atoms with Gasteiger partial charge in [0.05, 0.1) is 12.6 Å². The lowest BCUT2D eigenvalue weighted by molar-refractivity contribution is 0.0520. The minimum atomic E-state index is -0.396. The predicted molar refractivity (Wildman–Crippen MR) is 68.7 cm³/mol. The van der Waals surface area contributed by atoms with Gasteiger partial charge in [0.1, 0.15) is 5.82 Å². The first kappa shape index (κ1) is 12.6. The number of ether oxygens (including phenoxy) is 1. The summed E-state index contributed by atoms with van der Waals surface area (Å²) >= 11 is 1.36. The van der Waals surface area contributed by atoms with Crippen LogP contribution < -0.4 is 5.32 Å². The molecular formula is C11H14N4O2S. The van der Waals surface area contributed by atoms with Crippen LogP contribution in [0.3, 0.4) is 0 Å². The van der Waals surface area contributed by atoms with E-state index in [4.69, 9.17) is 4.74 Å². The Kier molecular flexibility index (Phi) is 3.93. The molecule has 2 rings (SSSR count). The van der Waals surface area contributed by atoms with Gasteiger partial charge in [0.15, 0.2) is 10.8 Å². The average molecular weight is 266 g/mol. The van der Waals surface area contributed by atoms with Gasteiger partial charge in [-0.1, -0.05) is 0 Å². The molecule has 2 N–H and O–H groups in total. The molecule has 6 nitrogen and oxygen atoms in total. The molecule has 96 valence electrons. The Morgan fingerprint density at radius 3 is 3.17 bits per heavy atom. The van der Waals surface area contributed by atoms with Crippen LogP contribution in [0.5, 0.6) is 0 Å². The third-order valence-corrected chi connectivity index (χ3v) is 3.03. The van der Waals surface area contributed by atoms with Crippen LogP contribution in [0.15, 0.2) is 17.8 Å². The maximum absolute atomic E-state index is 11.4. The van der Waals surface area contributed by atoms with Crippen LogP contribution in [0, 0.1) is 0 Å². The van der Waals surface area contributed by atoms with E-state index in [-0.39, 0.29) is 6.04 Å². The first-order valence-electron chi connectivity index (χ1n) is 5.59. The summed E-state index contributed by atoms with van der Waals surface area (Å²) in [4.78, 5) is 22.8. The van der Waals surface area contributed by atoms with Gasteiger partial charge in [-0.25, -0.2) is 14.8 Å². The molecule has 0 aliphatic rings. The number of hydrogen-bond acceptors (Lipinski definition) is 6. The number of imidazole rings is 1. The molecular weight excluding hydrogens is 252 g/mol. The lowest BCUT2D eigenvalue weighted by atomic mass is 10.3. The predicted octanol–water partition coefficient (Wildman–Crippen LogP) is 2.22. The van der Waals surface area contributed by atoms with Crippen LogP contribution in [0.25, 0.3) is 0 Å². The highest BCUT2D eigenvalue weighted by Gasteiger charge is 2.14. The number of thiazole rings is 1. The number of hydrogen-bond donors (Lipinski definition) is 2. The Labute approximate surface area is 108 Å². The number of esters is 1. The average Bonchev–Trinajstić information content (AvgIpc) is 2.99. The second-order valence-corrected chi connectivity index (χ2v) is 4.46. The lowest BCUT2D eigenvalue weighted by Gasteiger charge is -2.09. The summed E-state index contributed by atoms with van der Waals surface area (Å²) in [5, 5.41) is 5.51. The maximum atomic E-state index is 11.4. The minimum Gasteiger partial charge on any atom is -0.461 e. The SMILES string of the molecule is CCOC(=O)c1csc(NC(C)c2ncc[nH]2)n1. The normalized spacial score (nSPS) is 12.1. The van der Waals surface area contributed by atoms with E-state index < -0.39 is 5.97 Å². The number of aromatic nitrogens is 3. The van der Waals surface area contributed by atoms with E-state index in [2.05, 4.69) is 20.3 Å². The Morgan fingerprint density at radius 2 is 2.50 bits per heavy atom. The Bertz CT molecular complexity index is 509. The smallest absolute Gasteiger partial charge is 0.357 e. The third kappa shape index (κ3) is 2.86. The van der Waals surface area contributed by atoms with Gasteiger partial charge in [0.25, 0.3) is 0 Å². The molecule has 7 heteroatoms. The van der Waals surface area contributed by atoms with Gasteiger partial charge in [-0.05, 0) is 13.8 Å². The molecule has 2 heterocycles. The second kappa shape index (κ2) is 5.63. The van der Waals surface area contributed by atoms with E-state index in [0.29, 0.717) is 17.4 Å². The Balaban J connectivity index is 2.00. The van der Waals surface area contributed by atoms with Gasteiger partial charge in [-0.15, -0.1) is 11.3 Å². The summed E-state index contributed by atoms with van der Waals surface area (Å²) in [5.41, 5.74) is 0.330. The zero-order chi connectivity index (χ0) is 13.0. The molecule has 2 aromatic heterocycles. The molecule has 18 heavy (non-hydrogen) atoms. The summed E-state index contributed by atoms with van der Waals surface area (Å²) in [6.07, 6.45) is 3.46. The molecule has 0 saturated carbocycles. The minimum absolute atomic E-state index is 0.00111. The van der Waals surface area contributed by atoms with Gasteiger partial charge < -0.3 is 15.0 Å². The zero-order valence-corrected chi connectivity index (χ0v) is 11.0. The van der Waals surface area contributed by atoms with Crippen molar-refractivity contribution in [3.8, 4) is 0 Å². The number of nitrogens with one attached hydrogen (secondary N) is 2. The number of carbonyl (C=O) groups is 1. The lowest BCUT2D eigenvalue weighted by Crippen LogP contribution is -2.09. The molecule has 0 amide bonds. The van der Waals surface area contributed by atoms with Crippen molar-refractivity contribution in [1.29, 1.82) is 0 Å². The summed E-state index contributed by atoms with van der Waals surface area (Å²) in [6, 6.07) is 0.00111. The zero-order valence-electron chi connectivity index (χ0n) is 10.1. The summed E-state index contributed by atoms with van der Waals surface area (Å²) < 4.78 is 4.88. The van der Waals surface area contributed by atoms with Crippen LogP contribution >= 0.6 is 11.3 Å². The molecule has 1 atom stereocenters. The number of nitrogens with zero attached hydrogens (tertiary/aromatic N) is 2. The van der Waals surface area contributed by atoms with Crippen LogP contribution in [-0.4, -0.2) is 27.5 Å². The fraction of sp³-hybridized carbons (Fsp3) is 0.364. The summed E-state index contributed by atoms with van der Waals surface area (Å²) in [6.45, 7) is 4.08. The molecule has 0 saturated heterocycles. The number of rotatable bonds is 5. The highest BCUT2D eigenvalue weighted by Crippen LogP contribution is 2.21. The second-order valence-electron chi connectivity index (χ2n) is 3.60. The summed E-state index contributed by atoms with van der Waals surface area (Å²) in [5.74, 6) is 0.426. The molecule has 0 fully saturated rings. The van der Waals surface area contributed by atoms with Gasteiger partial charge in [-0.2, -0.15) is 0 Å². The fourth-order valence-corrected chi connectivity index (χ4v) is 2.17. The van der Waals surface area contributed by atoms with Crippen molar-refractivity contribution in [2.24, 2.45) is 0 Å². The van der Waals surface area contributed by atoms with E-state index in [0.717, 1.165) is 5.82 Å². The van der Waals surface area contributed by atoms with Crippen molar-refractivity contribution in [3.63, 3.8) is 0 Å². The highest BCUT2D eigenvalue weighted by molar-refractivity contribution is 7.13. The van der Waals surface area contributed by atoms with Crippen LogP contribution in [-0.2, 0) is 4.74 Å². The van der Waals surface area contributed by atoms with Crippen molar-refractivity contribution in [2.45, 2.75) is 19.9 Å². The number of aromatic amines is 1. The Morgan fingerprint density at radius 1 is 1.67 bits per heavy atom. The molecule has 0 aliphatic carbocycles. The van der Waals surface area contributed by atoms with E-state index in [9.17, 15) is 4.79 Å². The highest BCUT2D eigenvalue weighted by atomic mass is 32.1. The van der Waals surface area contributed by atoms with Crippen LogP contribution in [0.1, 0.15) is 36.2 Å². The van der Waals surface area contributed by atoms with Gasteiger partial charge in [0.2, 0.25) is 0 Å².